The van der Waals surface area contributed by atoms with Gasteiger partial charge in [0.15, 0.2) is 0 Å². The van der Waals surface area contributed by atoms with Crippen LogP contribution in [0.5, 0.6) is 5.75 Å². The number of urea groups is 1. The number of nitrogens with zero attached hydrogens (tertiary/aromatic N) is 1. The molecule has 9 nitrogen and oxygen atoms in total. The van der Waals surface area contributed by atoms with Gasteiger partial charge in [0.2, 0.25) is 15.9 Å². The molecule has 168 valence electrons. The third-order valence-corrected chi connectivity index (χ3v) is 5.66. The molecule has 0 radical (unpaired) electrons. The second kappa shape index (κ2) is 11.2. The highest BCUT2D eigenvalue weighted by Gasteiger charge is 2.13. The summed E-state index contributed by atoms with van der Waals surface area (Å²) in [7, 11) is -0.357. The number of carbonyl (C=O) groups is 2. The summed E-state index contributed by atoms with van der Waals surface area (Å²) in [5, 5.41) is 5.41. The molecule has 0 fully saturated rings. The lowest BCUT2D eigenvalue weighted by Gasteiger charge is -2.18. The normalized spacial score (nSPS) is 10.8. The van der Waals surface area contributed by atoms with Gasteiger partial charge in [0.25, 0.3) is 0 Å². The van der Waals surface area contributed by atoms with Gasteiger partial charge in [-0.15, -0.1) is 0 Å². The van der Waals surface area contributed by atoms with Gasteiger partial charge >= 0.3 is 6.03 Å². The second-order valence-corrected chi connectivity index (χ2v) is 8.80. The molecule has 0 aliphatic rings. The zero-order valence-corrected chi connectivity index (χ0v) is 18.7. The lowest BCUT2D eigenvalue weighted by Crippen LogP contribution is -2.38. The topological polar surface area (TPSA) is 117 Å². The molecule has 0 aliphatic carbocycles. The molecular formula is C21H28N4O5S. The van der Waals surface area contributed by atoms with Crippen LogP contribution >= 0.6 is 0 Å². The van der Waals surface area contributed by atoms with Gasteiger partial charge in [0, 0.05) is 38.3 Å². The van der Waals surface area contributed by atoms with E-state index in [2.05, 4.69) is 15.4 Å². The van der Waals surface area contributed by atoms with Crippen molar-refractivity contribution in [2.24, 2.45) is 0 Å². The Balaban J connectivity index is 1.83. The molecule has 0 atom stereocenters. The fourth-order valence-electron chi connectivity index (χ4n) is 2.66. The van der Waals surface area contributed by atoms with E-state index in [1.807, 2.05) is 30.3 Å². The number of benzene rings is 2. The van der Waals surface area contributed by atoms with Crippen molar-refractivity contribution in [3.8, 4) is 5.75 Å². The fourth-order valence-corrected chi connectivity index (χ4v) is 3.31. The number of amides is 3. The Morgan fingerprint density at radius 1 is 1.10 bits per heavy atom. The third kappa shape index (κ3) is 7.82. The van der Waals surface area contributed by atoms with Crippen molar-refractivity contribution in [3.63, 3.8) is 0 Å². The molecular weight excluding hydrogens is 420 g/mol. The van der Waals surface area contributed by atoms with E-state index < -0.39 is 10.0 Å². The highest BCUT2D eigenvalue weighted by atomic mass is 32.2. The summed E-state index contributed by atoms with van der Waals surface area (Å²) in [4.78, 5) is 25.9. The minimum atomic E-state index is -3.45. The number of ether oxygens (including phenoxy) is 1. The number of rotatable bonds is 10. The Hall–Kier alpha value is -3.27. The molecule has 0 heterocycles. The van der Waals surface area contributed by atoms with E-state index in [1.165, 1.54) is 31.1 Å². The second-order valence-electron chi connectivity index (χ2n) is 6.79. The van der Waals surface area contributed by atoms with E-state index in [9.17, 15) is 18.0 Å². The minimum Gasteiger partial charge on any atom is -0.494 e. The maximum atomic E-state index is 12.2. The lowest BCUT2D eigenvalue weighted by molar-refractivity contribution is -0.116. The summed E-state index contributed by atoms with van der Waals surface area (Å²) >= 11 is 0. The molecule has 10 heteroatoms. The van der Waals surface area contributed by atoms with Gasteiger partial charge in [0.05, 0.1) is 18.6 Å². The quantitative estimate of drug-likeness (QED) is 0.517. The van der Waals surface area contributed by atoms with Gasteiger partial charge in [-0.2, -0.15) is 0 Å². The Bertz CT molecular complexity index is 996. The van der Waals surface area contributed by atoms with Crippen LogP contribution < -0.4 is 20.1 Å². The first-order chi connectivity index (χ1) is 14.7. The highest BCUT2D eigenvalue weighted by Crippen LogP contribution is 2.28. The number of nitrogens with one attached hydrogen (secondary N) is 3. The number of hydrogen-bond donors (Lipinski definition) is 3. The monoisotopic (exact) mass is 448 g/mol. The van der Waals surface area contributed by atoms with Crippen molar-refractivity contribution < 1.29 is 22.7 Å². The zero-order valence-electron chi connectivity index (χ0n) is 17.8. The average Bonchev–Trinajstić information content (AvgIpc) is 2.75. The van der Waals surface area contributed by atoms with Crippen LogP contribution in [-0.2, 0) is 21.4 Å². The summed E-state index contributed by atoms with van der Waals surface area (Å²) in [5.41, 5.74) is 1.75. The van der Waals surface area contributed by atoms with E-state index in [1.54, 1.807) is 13.1 Å². The largest absolute Gasteiger partial charge is 0.494 e. The molecule has 2 aromatic rings. The van der Waals surface area contributed by atoms with Crippen molar-refractivity contribution in [1.82, 2.24) is 10.2 Å². The average molecular weight is 449 g/mol. The Kier molecular flexibility index (Phi) is 8.68. The number of sulfonamides is 1. The molecule has 0 saturated heterocycles. The molecule has 2 rings (SSSR count). The van der Waals surface area contributed by atoms with Gasteiger partial charge in [0.1, 0.15) is 5.75 Å². The Labute approximate surface area is 182 Å². The Morgan fingerprint density at radius 3 is 2.45 bits per heavy atom. The zero-order chi connectivity index (χ0) is 22.9. The first kappa shape index (κ1) is 24.0. The summed E-state index contributed by atoms with van der Waals surface area (Å²) in [5.74, 6) is -0.0819. The number of carbonyl (C=O) groups excluding carboxylic acids is 2. The molecule has 3 amide bonds. The van der Waals surface area contributed by atoms with Crippen LogP contribution in [0.3, 0.4) is 0 Å². The summed E-state index contributed by atoms with van der Waals surface area (Å²) in [6.45, 7) is 2.17. The number of hydrogen-bond acceptors (Lipinski definition) is 5. The molecule has 0 spiro atoms. The molecule has 0 aliphatic heterocycles. The van der Waals surface area contributed by atoms with Gasteiger partial charge in [-0.25, -0.2) is 13.2 Å². The molecule has 0 saturated carbocycles. The van der Waals surface area contributed by atoms with Gasteiger partial charge in [-0.05, 0) is 24.6 Å². The molecule has 31 heavy (non-hydrogen) atoms. The van der Waals surface area contributed by atoms with Crippen LogP contribution in [0.1, 0.15) is 18.9 Å². The molecule has 0 unspecified atom stereocenters. The molecule has 3 N–H and O–H groups in total. The van der Waals surface area contributed by atoms with Crippen LogP contribution in [0.4, 0.5) is 16.2 Å². The van der Waals surface area contributed by atoms with Crippen molar-refractivity contribution in [2.45, 2.75) is 19.9 Å². The highest BCUT2D eigenvalue weighted by molar-refractivity contribution is 7.92. The van der Waals surface area contributed by atoms with Crippen LogP contribution in [0.25, 0.3) is 0 Å². The predicted octanol–water partition coefficient (Wildman–Crippen LogP) is 2.63. The maximum Gasteiger partial charge on any atom is 0.317 e. The fraction of sp³-hybridized carbons (Fsp3) is 0.333. The van der Waals surface area contributed by atoms with Crippen molar-refractivity contribution in [3.05, 3.63) is 54.1 Å². The molecule has 2 aromatic carbocycles. The third-order valence-electron chi connectivity index (χ3n) is 4.37. The van der Waals surface area contributed by atoms with Crippen molar-refractivity contribution in [1.29, 1.82) is 0 Å². The van der Waals surface area contributed by atoms with Crippen LogP contribution in [0, 0.1) is 0 Å². The van der Waals surface area contributed by atoms with E-state index in [0.29, 0.717) is 12.2 Å². The number of methoxy groups -OCH3 is 1. The van der Waals surface area contributed by atoms with Crippen molar-refractivity contribution >= 4 is 33.3 Å². The predicted molar refractivity (Wildman–Crippen MR) is 121 cm³/mol. The first-order valence-corrected chi connectivity index (χ1v) is 11.4. The molecule has 0 bridgehead atoms. The maximum absolute atomic E-state index is 12.2. The van der Waals surface area contributed by atoms with Gasteiger partial charge in [-0.3, -0.25) is 9.52 Å². The van der Waals surface area contributed by atoms with E-state index in [-0.39, 0.29) is 42.1 Å². The Morgan fingerprint density at radius 2 is 1.81 bits per heavy atom. The minimum absolute atomic E-state index is 0.0686. The van der Waals surface area contributed by atoms with Crippen LogP contribution in [0.15, 0.2) is 48.5 Å². The van der Waals surface area contributed by atoms with Crippen LogP contribution in [-0.4, -0.2) is 51.7 Å². The van der Waals surface area contributed by atoms with E-state index >= 15 is 0 Å². The van der Waals surface area contributed by atoms with Crippen molar-refractivity contribution in [2.75, 3.05) is 36.5 Å². The van der Waals surface area contributed by atoms with Gasteiger partial charge in [-0.1, -0.05) is 30.3 Å². The summed E-state index contributed by atoms with van der Waals surface area (Å²) < 4.78 is 31.1. The number of anilines is 2. The standard InChI is InChI=1S/C21H28N4O5S/c1-4-31(28,29)24-18-11-10-17(14-19(18)30-3)23-20(26)12-13-22-21(27)25(2)15-16-8-6-5-7-9-16/h5-11,14,24H,4,12-13,15H2,1-3H3,(H,22,27)(H,23,26). The van der Waals surface area contributed by atoms with Crippen LogP contribution in [0.2, 0.25) is 0 Å². The first-order valence-electron chi connectivity index (χ1n) is 9.75. The van der Waals surface area contributed by atoms with E-state index in [0.717, 1.165) is 5.56 Å². The molecule has 0 aromatic heterocycles. The lowest BCUT2D eigenvalue weighted by atomic mass is 10.2. The van der Waals surface area contributed by atoms with E-state index in [4.69, 9.17) is 4.74 Å². The summed E-state index contributed by atoms with van der Waals surface area (Å²) in [6, 6.07) is 13.9. The van der Waals surface area contributed by atoms with Gasteiger partial charge < -0.3 is 20.3 Å². The SMILES string of the molecule is CCS(=O)(=O)Nc1ccc(NC(=O)CCNC(=O)N(C)Cc2ccccc2)cc1OC. The summed E-state index contributed by atoms with van der Waals surface area (Å²) in [6.07, 6.45) is 0.0808. The smallest absolute Gasteiger partial charge is 0.317 e.